The highest BCUT2D eigenvalue weighted by Gasteiger charge is 2.07. The third kappa shape index (κ3) is 4.56. The minimum atomic E-state index is -0.832. The van der Waals surface area contributed by atoms with Crippen LogP contribution in [-0.2, 0) is 11.3 Å². The van der Waals surface area contributed by atoms with Gasteiger partial charge in [-0.15, -0.1) is 0 Å². The van der Waals surface area contributed by atoms with Gasteiger partial charge in [0.15, 0.2) is 18.2 Å². The molecule has 2 aromatic carbocycles. The van der Waals surface area contributed by atoms with Crippen molar-refractivity contribution in [3.8, 4) is 5.75 Å². The first-order valence-corrected chi connectivity index (χ1v) is 6.44. The standard InChI is InChI=1S/C16H15F2NO2/c1-11-2-4-12(5-3-11)9-19-16(20)10-21-15-7-6-13(17)8-14(15)18/h2-8H,9-10H2,1H3,(H,19,20). The molecule has 0 atom stereocenters. The van der Waals surface area contributed by atoms with E-state index in [1.165, 1.54) is 0 Å². The minimum Gasteiger partial charge on any atom is -0.481 e. The number of carbonyl (C=O) groups is 1. The second-order valence-electron chi connectivity index (χ2n) is 4.63. The molecule has 21 heavy (non-hydrogen) atoms. The van der Waals surface area contributed by atoms with Gasteiger partial charge in [-0.2, -0.15) is 0 Å². The van der Waals surface area contributed by atoms with Gasteiger partial charge in [-0.25, -0.2) is 8.78 Å². The molecule has 3 nitrogen and oxygen atoms in total. The van der Waals surface area contributed by atoms with Gasteiger partial charge in [-0.05, 0) is 24.6 Å². The number of ether oxygens (including phenoxy) is 1. The summed E-state index contributed by atoms with van der Waals surface area (Å²) in [7, 11) is 0. The average Bonchev–Trinajstić information content (AvgIpc) is 2.46. The van der Waals surface area contributed by atoms with Crippen molar-refractivity contribution in [2.45, 2.75) is 13.5 Å². The Bertz CT molecular complexity index is 627. The van der Waals surface area contributed by atoms with E-state index < -0.39 is 11.6 Å². The highest BCUT2D eigenvalue weighted by atomic mass is 19.1. The first-order chi connectivity index (χ1) is 10.0. The summed E-state index contributed by atoms with van der Waals surface area (Å²) < 4.78 is 31.0. The van der Waals surface area contributed by atoms with Gasteiger partial charge in [0.25, 0.3) is 5.91 Å². The van der Waals surface area contributed by atoms with Crippen molar-refractivity contribution in [1.82, 2.24) is 5.32 Å². The van der Waals surface area contributed by atoms with Crippen LogP contribution in [0.5, 0.6) is 5.75 Å². The van der Waals surface area contributed by atoms with E-state index in [1.807, 2.05) is 31.2 Å². The number of nitrogens with one attached hydrogen (secondary N) is 1. The molecule has 0 unspecified atom stereocenters. The Morgan fingerprint density at radius 3 is 2.52 bits per heavy atom. The monoisotopic (exact) mass is 291 g/mol. The SMILES string of the molecule is Cc1ccc(CNC(=O)COc2ccc(F)cc2F)cc1. The fourth-order valence-electron chi connectivity index (χ4n) is 1.69. The summed E-state index contributed by atoms with van der Waals surface area (Å²) >= 11 is 0. The first-order valence-electron chi connectivity index (χ1n) is 6.44. The molecule has 0 aromatic heterocycles. The quantitative estimate of drug-likeness (QED) is 0.919. The highest BCUT2D eigenvalue weighted by molar-refractivity contribution is 5.77. The number of benzene rings is 2. The van der Waals surface area contributed by atoms with Gasteiger partial charge in [-0.3, -0.25) is 4.79 Å². The molecule has 0 fully saturated rings. The van der Waals surface area contributed by atoms with Gasteiger partial charge in [-0.1, -0.05) is 29.8 Å². The van der Waals surface area contributed by atoms with Gasteiger partial charge < -0.3 is 10.1 Å². The van der Waals surface area contributed by atoms with Crippen LogP contribution in [-0.4, -0.2) is 12.5 Å². The number of amides is 1. The lowest BCUT2D eigenvalue weighted by Crippen LogP contribution is -2.28. The largest absolute Gasteiger partial charge is 0.481 e. The lowest BCUT2D eigenvalue weighted by Gasteiger charge is -2.08. The summed E-state index contributed by atoms with van der Waals surface area (Å²) in [5, 5.41) is 2.66. The van der Waals surface area contributed by atoms with Crippen LogP contribution in [0.3, 0.4) is 0 Å². The van der Waals surface area contributed by atoms with E-state index in [0.717, 1.165) is 23.3 Å². The predicted octanol–water partition coefficient (Wildman–Crippen LogP) is 2.97. The topological polar surface area (TPSA) is 38.3 Å². The molecule has 0 radical (unpaired) electrons. The zero-order valence-corrected chi connectivity index (χ0v) is 11.5. The molecule has 2 aromatic rings. The Hall–Kier alpha value is -2.43. The Balaban J connectivity index is 1.80. The molecule has 0 aliphatic carbocycles. The van der Waals surface area contributed by atoms with Crippen LogP contribution in [0.25, 0.3) is 0 Å². The molecular weight excluding hydrogens is 276 g/mol. The maximum Gasteiger partial charge on any atom is 0.258 e. The van der Waals surface area contributed by atoms with E-state index in [-0.39, 0.29) is 18.3 Å². The molecule has 0 spiro atoms. The van der Waals surface area contributed by atoms with Crippen LogP contribution in [0.4, 0.5) is 8.78 Å². The van der Waals surface area contributed by atoms with Crippen molar-refractivity contribution >= 4 is 5.91 Å². The van der Waals surface area contributed by atoms with Crippen molar-refractivity contribution in [1.29, 1.82) is 0 Å². The smallest absolute Gasteiger partial charge is 0.258 e. The first kappa shape index (κ1) is 15.0. The molecular formula is C16H15F2NO2. The maximum atomic E-state index is 13.3. The van der Waals surface area contributed by atoms with Gasteiger partial charge >= 0.3 is 0 Å². The zero-order chi connectivity index (χ0) is 15.2. The van der Waals surface area contributed by atoms with Crippen LogP contribution >= 0.6 is 0 Å². The average molecular weight is 291 g/mol. The zero-order valence-electron chi connectivity index (χ0n) is 11.5. The van der Waals surface area contributed by atoms with Crippen LogP contribution in [0.1, 0.15) is 11.1 Å². The highest BCUT2D eigenvalue weighted by Crippen LogP contribution is 2.17. The molecule has 110 valence electrons. The molecule has 0 saturated heterocycles. The maximum absolute atomic E-state index is 13.3. The van der Waals surface area contributed by atoms with Crippen LogP contribution in [0.15, 0.2) is 42.5 Å². The summed E-state index contributed by atoms with van der Waals surface area (Å²) in [6.45, 7) is 2.02. The third-order valence-electron chi connectivity index (χ3n) is 2.86. The lowest BCUT2D eigenvalue weighted by molar-refractivity contribution is -0.123. The fourth-order valence-corrected chi connectivity index (χ4v) is 1.69. The molecule has 5 heteroatoms. The van der Waals surface area contributed by atoms with E-state index in [4.69, 9.17) is 4.74 Å². The van der Waals surface area contributed by atoms with Crippen molar-refractivity contribution in [3.05, 3.63) is 65.2 Å². The second-order valence-corrected chi connectivity index (χ2v) is 4.63. The Kier molecular flexibility index (Phi) is 4.87. The van der Waals surface area contributed by atoms with Crippen LogP contribution in [0.2, 0.25) is 0 Å². The van der Waals surface area contributed by atoms with Gasteiger partial charge in [0, 0.05) is 12.6 Å². The summed E-state index contributed by atoms with van der Waals surface area (Å²) in [4.78, 5) is 11.6. The molecule has 0 saturated carbocycles. The molecule has 0 heterocycles. The van der Waals surface area contributed by atoms with Crippen molar-refractivity contribution in [2.24, 2.45) is 0 Å². The number of halogens is 2. The predicted molar refractivity (Wildman–Crippen MR) is 74.9 cm³/mol. The molecule has 2 rings (SSSR count). The Morgan fingerprint density at radius 2 is 1.86 bits per heavy atom. The van der Waals surface area contributed by atoms with Crippen molar-refractivity contribution < 1.29 is 18.3 Å². The van der Waals surface area contributed by atoms with Crippen LogP contribution < -0.4 is 10.1 Å². The fraction of sp³-hybridized carbons (Fsp3) is 0.188. The van der Waals surface area contributed by atoms with Gasteiger partial charge in [0.05, 0.1) is 0 Å². The summed E-state index contributed by atoms with van der Waals surface area (Å²) in [6, 6.07) is 10.7. The second kappa shape index (κ2) is 6.83. The number of hydrogen-bond acceptors (Lipinski definition) is 2. The summed E-state index contributed by atoms with van der Waals surface area (Å²) in [5.74, 6) is -2.05. The van der Waals surface area contributed by atoms with Crippen LogP contribution in [0, 0.1) is 18.6 Å². The Morgan fingerprint density at radius 1 is 1.14 bits per heavy atom. The third-order valence-corrected chi connectivity index (χ3v) is 2.86. The summed E-state index contributed by atoms with van der Waals surface area (Å²) in [5.41, 5.74) is 2.10. The Labute approximate surface area is 121 Å². The van der Waals surface area contributed by atoms with E-state index >= 15 is 0 Å². The minimum absolute atomic E-state index is 0.151. The molecule has 0 aliphatic rings. The lowest BCUT2D eigenvalue weighted by atomic mass is 10.1. The molecule has 0 aliphatic heterocycles. The van der Waals surface area contributed by atoms with E-state index in [0.29, 0.717) is 12.6 Å². The van der Waals surface area contributed by atoms with Crippen molar-refractivity contribution in [2.75, 3.05) is 6.61 Å². The molecule has 0 bridgehead atoms. The number of carbonyl (C=O) groups excluding carboxylic acids is 1. The van der Waals surface area contributed by atoms with E-state index in [2.05, 4.69) is 5.32 Å². The van der Waals surface area contributed by atoms with E-state index in [9.17, 15) is 13.6 Å². The molecule has 1 amide bonds. The number of rotatable bonds is 5. The van der Waals surface area contributed by atoms with Crippen molar-refractivity contribution in [3.63, 3.8) is 0 Å². The molecule has 1 N–H and O–H groups in total. The van der Waals surface area contributed by atoms with Gasteiger partial charge in [0.1, 0.15) is 5.82 Å². The number of aryl methyl sites for hydroxylation is 1. The van der Waals surface area contributed by atoms with E-state index in [1.54, 1.807) is 0 Å². The normalized spacial score (nSPS) is 10.2. The van der Waals surface area contributed by atoms with Gasteiger partial charge in [0.2, 0.25) is 0 Å². The number of hydrogen-bond donors (Lipinski definition) is 1. The summed E-state index contributed by atoms with van der Waals surface area (Å²) in [6.07, 6.45) is 0.